The van der Waals surface area contributed by atoms with Gasteiger partial charge < -0.3 is 15.7 Å². The van der Waals surface area contributed by atoms with E-state index in [1.165, 1.54) is 6.42 Å². The molecule has 5 nitrogen and oxygen atoms in total. The summed E-state index contributed by atoms with van der Waals surface area (Å²) in [5.41, 5.74) is 6.67. The van der Waals surface area contributed by atoms with Gasteiger partial charge >= 0.3 is 0 Å². The van der Waals surface area contributed by atoms with Crippen molar-refractivity contribution in [3.63, 3.8) is 0 Å². The van der Waals surface area contributed by atoms with Gasteiger partial charge in [-0.1, -0.05) is 6.07 Å². The number of hydrogen-bond donors (Lipinski definition) is 2. The Morgan fingerprint density at radius 1 is 1.10 bits per heavy atom. The first-order valence-electron chi connectivity index (χ1n) is 7.56. The molecule has 0 bridgehead atoms. The first kappa shape index (κ1) is 15.2. The van der Waals surface area contributed by atoms with E-state index in [4.69, 9.17) is 10.8 Å². The summed E-state index contributed by atoms with van der Waals surface area (Å²) >= 11 is 0. The predicted molar refractivity (Wildman–Crippen MR) is 81.7 cm³/mol. The van der Waals surface area contributed by atoms with Gasteiger partial charge in [0.2, 0.25) is 0 Å². The zero-order chi connectivity index (χ0) is 14.2. The highest BCUT2D eigenvalue weighted by Gasteiger charge is 2.17. The summed E-state index contributed by atoms with van der Waals surface area (Å²) < 4.78 is 0. The van der Waals surface area contributed by atoms with E-state index in [9.17, 15) is 0 Å². The molecule has 5 heteroatoms. The highest BCUT2D eigenvalue weighted by atomic mass is 16.2. The van der Waals surface area contributed by atoms with Gasteiger partial charge in [-0.3, -0.25) is 4.90 Å². The van der Waals surface area contributed by atoms with Crippen molar-refractivity contribution in [1.29, 1.82) is 0 Å². The molecular weight excluding hydrogens is 252 g/mol. The minimum absolute atomic E-state index is 0.318. The largest absolute Gasteiger partial charge is 0.396 e. The summed E-state index contributed by atoms with van der Waals surface area (Å²) in [5, 5.41) is 8.77. The number of rotatable bonds is 7. The predicted octanol–water partition coefficient (Wildman–Crippen LogP) is 0.825. The number of aliphatic hydroxyl groups excluding tert-OH is 1. The molecular formula is C15H26N4O. The Morgan fingerprint density at radius 3 is 2.50 bits per heavy atom. The molecule has 0 aliphatic carbocycles. The Kier molecular flexibility index (Phi) is 6.24. The number of aromatic nitrogens is 1. The van der Waals surface area contributed by atoms with Gasteiger partial charge in [-0.2, -0.15) is 0 Å². The van der Waals surface area contributed by atoms with Gasteiger partial charge in [-0.25, -0.2) is 4.98 Å². The number of nitrogens with zero attached hydrogens (tertiary/aromatic N) is 3. The average Bonchev–Trinajstić information content (AvgIpc) is 2.52. The molecule has 1 aliphatic heterocycles. The molecule has 0 spiro atoms. The Labute approximate surface area is 121 Å². The summed E-state index contributed by atoms with van der Waals surface area (Å²) in [6, 6.07) is 4.13. The van der Waals surface area contributed by atoms with E-state index >= 15 is 0 Å². The van der Waals surface area contributed by atoms with Crippen LogP contribution < -0.4 is 10.6 Å². The monoisotopic (exact) mass is 278 g/mol. The zero-order valence-electron chi connectivity index (χ0n) is 12.2. The van der Waals surface area contributed by atoms with Crippen LogP contribution in [0.25, 0.3) is 0 Å². The number of anilines is 1. The lowest BCUT2D eigenvalue weighted by molar-refractivity contribution is 0.242. The molecule has 0 amide bonds. The van der Waals surface area contributed by atoms with Crippen molar-refractivity contribution in [1.82, 2.24) is 9.88 Å². The van der Waals surface area contributed by atoms with E-state index in [0.717, 1.165) is 56.9 Å². The Hall–Kier alpha value is -1.17. The van der Waals surface area contributed by atoms with Gasteiger partial charge in [0.05, 0.1) is 0 Å². The van der Waals surface area contributed by atoms with E-state index in [1.54, 1.807) is 0 Å². The molecule has 0 unspecified atom stereocenters. The van der Waals surface area contributed by atoms with Crippen LogP contribution in [0.2, 0.25) is 0 Å². The standard InChI is InChI=1S/C15H26N4O/c16-12-14-4-5-15(17-13-14)19-9-7-18(8-10-19)6-2-1-3-11-20/h4-5,13,20H,1-3,6-12,16H2. The summed E-state index contributed by atoms with van der Waals surface area (Å²) in [7, 11) is 0. The van der Waals surface area contributed by atoms with Crippen molar-refractivity contribution in [3.8, 4) is 0 Å². The molecule has 1 aromatic rings. The topological polar surface area (TPSA) is 65.6 Å². The van der Waals surface area contributed by atoms with E-state index in [1.807, 2.05) is 6.20 Å². The number of hydrogen-bond acceptors (Lipinski definition) is 5. The Balaban J connectivity index is 1.73. The van der Waals surface area contributed by atoms with Crippen molar-refractivity contribution in [2.75, 3.05) is 44.2 Å². The van der Waals surface area contributed by atoms with Crippen molar-refractivity contribution < 1.29 is 5.11 Å². The van der Waals surface area contributed by atoms with Gasteiger partial charge in [0.1, 0.15) is 5.82 Å². The second-order valence-corrected chi connectivity index (χ2v) is 5.34. The third-order valence-corrected chi connectivity index (χ3v) is 3.87. The molecule has 1 aromatic heterocycles. The lowest BCUT2D eigenvalue weighted by atomic mass is 10.2. The fourth-order valence-corrected chi connectivity index (χ4v) is 2.55. The van der Waals surface area contributed by atoms with E-state index in [-0.39, 0.29) is 0 Å². The summed E-state index contributed by atoms with van der Waals surface area (Å²) in [5.74, 6) is 1.06. The van der Waals surface area contributed by atoms with Crippen LogP contribution in [0.5, 0.6) is 0 Å². The highest BCUT2D eigenvalue weighted by Crippen LogP contribution is 2.14. The average molecular weight is 278 g/mol. The number of unbranched alkanes of at least 4 members (excludes halogenated alkanes) is 2. The van der Waals surface area contributed by atoms with Crippen LogP contribution in [0.15, 0.2) is 18.3 Å². The molecule has 3 N–H and O–H groups in total. The van der Waals surface area contributed by atoms with Gasteiger partial charge in [0, 0.05) is 45.5 Å². The summed E-state index contributed by atoms with van der Waals surface area (Å²) in [4.78, 5) is 9.32. The first-order chi connectivity index (χ1) is 9.83. The molecule has 20 heavy (non-hydrogen) atoms. The van der Waals surface area contributed by atoms with Gasteiger partial charge in [-0.15, -0.1) is 0 Å². The highest BCUT2D eigenvalue weighted by molar-refractivity contribution is 5.39. The van der Waals surface area contributed by atoms with Gasteiger partial charge in [0.25, 0.3) is 0 Å². The van der Waals surface area contributed by atoms with E-state index in [0.29, 0.717) is 13.2 Å². The molecule has 0 atom stereocenters. The van der Waals surface area contributed by atoms with Crippen LogP contribution in [-0.4, -0.2) is 54.3 Å². The lowest BCUT2D eigenvalue weighted by Gasteiger charge is -2.35. The van der Waals surface area contributed by atoms with Crippen LogP contribution in [0.4, 0.5) is 5.82 Å². The lowest BCUT2D eigenvalue weighted by Crippen LogP contribution is -2.46. The Bertz CT molecular complexity index is 374. The zero-order valence-corrected chi connectivity index (χ0v) is 12.2. The third kappa shape index (κ3) is 4.44. The minimum Gasteiger partial charge on any atom is -0.396 e. The van der Waals surface area contributed by atoms with Crippen LogP contribution in [-0.2, 0) is 6.54 Å². The van der Waals surface area contributed by atoms with Crippen molar-refractivity contribution in [2.45, 2.75) is 25.8 Å². The molecule has 2 rings (SSSR count). The van der Waals surface area contributed by atoms with Crippen molar-refractivity contribution >= 4 is 5.82 Å². The number of aliphatic hydroxyl groups is 1. The smallest absolute Gasteiger partial charge is 0.128 e. The maximum Gasteiger partial charge on any atom is 0.128 e. The molecule has 1 fully saturated rings. The molecule has 1 aliphatic rings. The van der Waals surface area contributed by atoms with E-state index in [2.05, 4.69) is 26.9 Å². The maximum atomic E-state index is 8.77. The molecule has 1 saturated heterocycles. The first-order valence-corrected chi connectivity index (χ1v) is 7.56. The van der Waals surface area contributed by atoms with Crippen LogP contribution >= 0.6 is 0 Å². The molecule has 0 aromatic carbocycles. The second kappa shape index (κ2) is 8.19. The van der Waals surface area contributed by atoms with Crippen molar-refractivity contribution in [3.05, 3.63) is 23.9 Å². The quantitative estimate of drug-likeness (QED) is 0.723. The molecule has 2 heterocycles. The third-order valence-electron chi connectivity index (χ3n) is 3.87. The van der Waals surface area contributed by atoms with Gasteiger partial charge in [-0.05, 0) is 37.4 Å². The molecule has 0 radical (unpaired) electrons. The normalized spacial score (nSPS) is 16.6. The number of pyridine rings is 1. The summed E-state index contributed by atoms with van der Waals surface area (Å²) in [6.45, 7) is 6.28. The van der Waals surface area contributed by atoms with Gasteiger partial charge in [0.15, 0.2) is 0 Å². The fraction of sp³-hybridized carbons (Fsp3) is 0.667. The molecule has 0 saturated carbocycles. The van der Waals surface area contributed by atoms with Crippen molar-refractivity contribution in [2.24, 2.45) is 5.73 Å². The Morgan fingerprint density at radius 2 is 1.90 bits per heavy atom. The van der Waals surface area contributed by atoms with Crippen LogP contribution in [0, 0.1) is 0 Å². The van der Waals surface area contributed by atoms with Crippen LogP contribution in [0.1, 0.15) is 24.8 Å². The van der Waals surface area contributed by atoms with E-state index < -0.39 is 0 Å². The van der Waals surface area contributed by atoms with Crippen LogP contribution in [0.3, 0.4) is 0 Å². The SMILES string of the molecule is NCc1ccc(N2CCN(CCCCCO)CC2)nc1. The number of nitrogens with two attached hydrogens (primary N) is 1. The fourth-order valence-electron chi connectivity index (χ4n) is 2.55. The molecule has 112 valence electrons. The maximum absolute atomic E-state index is 8.77. The summed E-state index contributed by atoms with van der Waals surface area (Å²) in [6.07, 6.45) is 5.11. The second-order valence-electron chi connectivity index (χ2n) is 5.34. The number of piperazine rings is 1. The minimum atomic E-state index is 0.318.